The van der Waals surface area contributed by atoms with Gasteiger partial charge in [-0.25, -0.2) is 22.8 Å². The summed E-state index contributed by atoms with van der Waals surface area (Å²) in [7, 11) is -1.88. The number of carbonyl (C=O) groups excluding carboxylic acids is 5. The van der Waals surface area contributed by atoms with Crippen molar-refractivity contribution in [3.05, 3.63) is 29.8 Å². The number of rotatable bonds is 8. The van der Waals surface area contributed by atoms with Crippen molar-refractivity contribution in [3.8, 4) is 5.75 Å². The van der Waals surface area contributed by atoms with Gasteiger partial charge in [-0.1, -0.05) is 12.1 Å². The third-order valence-electron chi connectivity index (χ3n) is 6.70. The normalized spacial score (nSPS) is 24.4. The van der Waals surface area contributed by atoms with Crippen LogP contribution in [0, 0.1) is 11.8 Å². The SMILES string of the molecule is COC(=O)[C@@H]1[C@@H]2[C@H]1S(=O)(=O)C[C@@]2(NC(=O)[C@H](Cc1ccc(OC(=O)OC(C)(C)C)cc1)NC(=O)OC(C)(C)C)C(=O)OC. The van der Waals surface area contributed by atoms with Crippen LogP contribution in [0.15, 0.2) is 24.3 Å². The molecule has 0 bridgehead atoms. The minimum absolute atomic E-state index is 0.143. The molecule has 1 aromatic rings. The minimum atomic E-state index is -4.00. The lowest BCUT2D eigenvalue weighted by Crippen LogP contribution is -2.63. The molecule has 2 aliphatic rings. The van der Waals surface area contributed by atoms with E-state index in [1.165, 1.54) is 24.3 Å². The highest BCUT2D eigenvalue weighted by Gasteiger charge is 2.79. The number of hydrogen-bond donors (Lipinski definition) is 2. The zero-order chi connectivity index (χ0) is 32.5. The molecule has 1 heterocycles. The predicted octanol–water partition coefficient (Wildman–Crippen LogP) is 1.68. The fourth-order valence-corrected chi connectivity index (χ4v) is 7.75. The maximum Gasteiger partial charge on any atom is 0.514 e. The first kappa shape index (κ1) is 33.6. The van der Waals surface area contributed by atoms with Gasteiger partial charge in [0, 0.05) is 12.3 Å². The van der Waals surface area contributed by atoms with E-state index in [9.17, 15) is 32.4 Å². The van der Waals surface area contributed by atoms with Crippen LogP contribution in [0.2, 0.25) is 0 Å². The highest BCUT2D eigenvalue weighted by atomic mass is 32.2. The van der Waals surface area contributed by atoms with Gasteiger partial charge >= 0.3 is 24.2 Å². The Balaban J connectivity index is 1.88. The van der Waals surface area contributed by atoms with Crippen molar-refractivity contribution in [2.75, 3.05) is 20.0 Å². The van der Waals surface area contributed by atoms with Gasteiger partial charge in [-0.2, -0.15) is 0 Å². The van der Waals surface area contributed by atoms with E-state index < -0.39 is 85.6 Å². The number of fused-ring (bicyclic) bond motifs is 1. The molecular formula is C28H38N2O12S. The van der Waals surface area contributed by atoms with E-state index in [-0.39, 0.29) is 12.2 Å². The Bertz CT molecular complexity index is 1380. The molecule has 14 nitrogen and oxygen atoms in total. The molecular weight excluding hydrogens is 588 g/mol. The summed E-state index contributed by atoms with van der Waals surface area (Å²) in [6.45, 7) is 9.93. The van der Waals surface area contributed by atoms with Crippen molar-refractivity contribution >= 4 is 39.9 Å². The summed E-state index contributed by atoms with van der Waals surface area (Å²) >= 11 is 0. The van der Waals surface area contributed by atoms with Gasteiger partial charge in [0.15, 0.2) is 15.4 Å². The lowest BCUT2D eigenvalue weighted by atomic mass is 9.92. The van der Waals surface area contributed by atoms with Crippen LogP contribution in [0.25, 0.3) is 0 Å². The van der Waals surface area contributed by atoms with Crippen molar-refractivity contribution in [1.82, 2.24) is 10.6 Å². The number of benzene rings is 1. The lowest BCUT2D eigenvalue weighted by molar-refractivity contribution is -0.152. The Labute approximate surface area is 250 Å². The molecule has 15 heteroatoms. The summed E-state index contributed by atoms with van der Waals surface area (Å²) in [4.78, 5) is 63.7. The maximum atomic E-state index is 13.7. The van der Waals surface area contributed by atoms with Crippen LogP contribution in [0.3, 0.4) is 0 Å². The number of nitrogens with one attached hydrogen (secondary N) is 2. The molecule has 0 unspecified atom stereocenters. The molecule has 0 radical (unpaired) electrons. The molecule has 5 atom stereocenters. The molecule has 3 rings (SSSR count). The van der Waals surface area contributed by atoms with E-state index in [0.717, 1.165) is 14.2 Å². The molecule has 0 aromatic heterocycles. The average Bonchev–Trinajstić information content (AvgIpc) is 3.58. The summed E-state index contributed by atoms with van der Waals surface area (Å²) in [6, 6.07) is 4.62. The number of ether oxygens (including phenoxy) is 5. The van der Waals surface area contributed by atoms with Gasteiger partial charge < -0.3 is 34.3 Å². The number of methoxy groups -OCH3 is 2. The van der Waals surface area contributed by atoms with E-state index in [1.807, 2.05) is 0 Å². The molecule has 0 spiro atoms. The second kappa shape index (κ2) is 12.0. The molecule has 1 saturated heterocycles. The lowest BCUT2D eigenvalue weighted by Gasteiger charge is -2.31. The van der Waals surface area contributed by atoms with E-state index in [2.05, 4.69) is 10.6 Å². The fourth-order valence-electron chi connectivity index (χ4n) is 5.05. The van der Waals surface area contributed by atoms with Crippen molar-refractivity contribution in [1.29, 1.82) is 0 Å². The van der Waals surface area contributed by atoms with E-state index in [0.29, 0.717) is 5.56 Å². The Morgan fingerprint density at radius 2 is 1.51 bits per heavy atom. The van der Waals surface area contributed by atoms with Crippen LogP contribution >= 0.6 is 0 Å². The number of amides is 2. The molecule has 1 aromatic carbocycles. The molecule has 238 valence electrons. The van der Waals surface area contributed by atoms with Gasteiger partial charge in [-0.15, -0.1) is 0 Å². The van der Waals surface area contributed by atoms with E-state index >= 15 is 0 Å². The zero-order valence-electron chi connectivity index (χ0n) is 25.3. The number of hydrogen-bond acceptors (Lipinski definition) is 12. The fraction of sp³-hybridized carbons (Fsp3) is 0.607. The first-order chi connectivity index (χ1) is 19.7. The Kier molecular flexibility index (Phi) is 9.39. The number of sulfone groups is 1. The molecule has 2 fully saturated rings. The summed E-state index contributed by atoms with van der Waals surface area (Å²) in [5, 5.41) is 3.73. The molecule has 1 saturated carbocycles. The van der Waals surface area contributed by atoms with Gasteiger partial charge in [0.25, 0.3) is 0 Å². The van der Waals surface area contributed by atoms with Crippen LogP contribution < -0.4 is 15.4 Å². The monoisotopic (exact) mass is 626 g/mol. The summed E-state index contributed by atoms with van der Waals surface area (Å²) in [5.74, 6) is -5.73. The molecule has 2 amide bonds. The van der Waals surface area contributed by atoms with Crippen molar-refractivity contribution < 1.29 is 56.1 Å². The molecule has 2 N–H and O–H groups in total. The van der Waals surface area contributed by atoms with E-state index in [4.69, 9.17) is 23.7 Å². The van der Waals surface area contributed by atoms with Crippen LogP contribution in [-0.4, -0.2) is 86.5 Å². The van der Waals surface area contributed by atoms with Gasteiger partial charge in [0.2, 0.25) is 5.91 Å². The van der Waals surface area contributed by atoms with E-state index in [1.54, 1.807) is 41.5 Å². The first-order valence-corrected chi connectivity index (χ1v) is 15.1. The standard InChI is InChI=1S/C28H38N2O12S/c1-26(2,3)41-24(34)29-17(13-15-9-11-16(12-10-15)40-25(35)42-27(4,5)6)21(31)30-28(23(33)39-8)14-43(36,37)20-18(19(20)28)22(32)38-7/h9-12,17-20H,13-14H2,1-8H3,(H,29,34)(H,30,31)/t17-,18+,19+,20-,28-/m0/s1. The van der Waals surface area contributed by atoms with Crippen LogP contribution in [0.4, 0.5) is 9.59 Å². The first-order valence-electron chi connectivity index (χ1n) is 13.4. The number of alkyl carbamates (subject to hydrolysis) is 1. The Morgan fingerprint density at radius 1 is 0.930 bits per heavy atom. The molecule has 1 aliphatic heterocycles. The average molecular weight is 627 g/mol. The molecule has 1 aliphatic carbocycles. The minimum Gasteiger partial charge on any atom is -0.469 e. The second-order valence-electron chi connectivity index (χ2n) is 12.4. The Morgan fingerprint density at radius 3 is 2.02 bits per heavy atom. The zero-order valence-corrected chi connectivity index (χ0v) is 26.2. The predicted molar refractivity (Wildman–Crippen MR) is 150 cm³/mol. The summed E-state index contributed by atoms with van der Waals surface area (Å²) in [5.41, 5.74) is -3.26. The third-order valence-corrected chi connectivity index (χ3v) is 8.97. The van der Waals surface area contributed by atoms with Crippen molar-refractivity contribution in [2.45, 2.75) is 76.0 Å². The number of esters is 2. The van der Waals surface area contributed by atoms with Crippen molar-refractivity contribution in [3.63, 3.8) is 0 Å². The third kappa shape index (κ3) is 7.94. The Hall–Kier alpha value is -3.88. The molecule has 43 heavy (non-hydrogen) atoms. The summed E-state index contributed by atoms with van der Waals surface area (Å²) in [6.07, 6.45) is -2.00. The van der Waals surface area contributed by atoms with Crippen molar-refractivity contribution in [2.24, 2.45) is 11.8 Å². The maximum absolute atomic E-state index is 13.7. The number of carbonyl (C=O) groups is 5. The van der Waals surface area contributed by atoms with Gasteiger partial charge in [-0.05, 0) is 59.2 Å². The van der Waals surface area contributed by atoms with Gasteiger partial charge in [-0.3, -0.25) is 9.59 Å². The van der Waals surface area contributed by atoms with Gasteiger partial charge in [0.1, 0.15) is 23.0 Å². The highest BCUT2D eigenvalue weighted by Crippen LogP contribution is 2.58. The van der Waals surface area contributed by atoms with Crippen LogP contribution in [-0.2, 0) is 49.6 Å². The topological polar surface area (TPSA) is 190 Å². The highest BCUT2D eigenvalue weighted by molar-refractivity contribution is 7.92. The second-order valence-corrected chi connectivity index (χ2v) is 14.6. The largest absolute Gasteiger partial charge is 0.514 e. The quantitative estimate of drug-likeness (QED) is 0.242. The van der Waals surface area contributed by atoms with Gasteiger partial charge in [0.05, 0.1) is 31.1 Å². The summed E-state index contributed by atoms with van der Waals surface area (Å²) < 4.78 is 51.0. The van der Waals surface area contributed by atoms with Crippen LogP contribution in [0.5, 0.6) is 5.75 Å². The van der Waals surface area contributed by atoms with Crippen LogP contribution in [0.1, 0.15) is 47.1 Å². The smallest absolute Gasteiger partial charge is 0.469 e.